The molecule has 0 radical (unpaired) electrons. The molecule has 1 nitrogen and oxygen atoms in total. The molecule has 0 aromatic heterocycles. The van der Waals surface area contributed by atoms with E-state index in [9.17, 15) is 4.79 Å². The van der Waals surface area contributed by atoms with Crippen LogP contribution in [0.2, 0.25) is 0 Å². The summed E-state index contributed by atoms with van der Waals surface area (Å²) in [5, 5.41) is 0. The molecular weight excluding hydrogens is 232 g/mol. The van der Waals surface area contributed by atoms with Crippen LogP contribution >= 0.6 is 0 Å². The highest BCUT2D eigenvalue weighted by Crippen LogP contribution is 2.49. The second-order valence-corrected chi connectivity index (χ2v) is 7.41. The van der Waals surface area contributed by atoms with Crippen LogP contribution in [0.15, 0.2) is 12.1 Å². The number of aldehydes is 1. The van der Waals surface area contributed by atoms with Gasteiger partial charge in [-0.3, -0.25) is 0 Å². The Morgan fingerprint density at radius 3 is 2.42 bits per heavy atom. The fourth-order valence-electron chi connectivity index (χ4n) is 3.55. The molecule has 0 saturated carbocycles. The molecule has 1 aliphatic carbocycles. The van der Waals surface area contributed by atoms with Gasteiger partial charge in [-0.25, -0.2) is 0 Å². The second-order valence-electron chi connectivity index (χ2n) is 7.41. The van der Waals surface area contributed by atoms with Gasteiger partial charge in [-0.15, -0.1) is 0 Å². The van der Waals surface area contributed by atoms with Crippen LogP contribution in [0.25, 0.3) is 0 Å². The van der Waals surface area contributed by atoms with E-state index in [0.29, 0.717) is 12.3 Å². The van der Waals surface area contributed by atoms with E-state index >= 15 is 0 Å². The molecule has 2 rings (SSSR count). The van der Waals surface area contributed by atoms with Gasteiger partial charge in [-0.2, -0.15) is 0 Å². The predicted octanol–water partition coefficient (Wildman–Crippen LogP) is 4.33. The topological polar surface area (TPSA) is 17.1 Å². The van der Waals surface area contributed by atoms with Gasteiger partial charge in [-0.05, 0) is 52.3 Å². The molecule has 1 atom stereocenters. The van der Waals surface area contributed by atoms with Gasteiger partial charge in [0.1, 0.15) is 6.29 Å². The summed E-state index contributed by atoms with van der Waals surface area (Å²) in [5.41, 5.74) is 5.78. The zero-order valence-electron chi connectivity index (χ0n) is 13.1. The largest absolute Gasteiger partial charge is 0.303 e. The highest BCUT2D eigenvalue weighted by atomic mass is 16.1. The van der Waals surface area contributed by atoms with Crippen molar-refractivity contribution < 1.29 is 4.79 Å². The Labute approximate surface area is 117 Å². The van der Waals surface area contributed by atoms with Gasteiger partial charge in [0.15, 0.2) is 0 Å². The van der Waals surface area contributed by atoms with E-state index in [1.165, 1.54) is 28.7 Å². The summed E-state index contributed by atoms with van der Waals surface area (Å²) >= 11 is 0. The van der Waals surface area contributed by atoms with Gasteiger partial charge in [0.2, 0.25) is 0 Å². The van der Waals surface area contributed by atoms with Gasteiger partial charge in [0.05, 0.1) is 0 Å². The van der Waals surface area contributed by atoms with Crippen molar-refractivity contribution >= 4 is 6.29 Å². The molecule has 0 fully saturated rings. The second kappa shape index (κ2) is 4.47. The number of aryl methyl sites for hydroxylation is 1. The van der Waals surface area contributed by atoms with Crippen LogP contribution in [-0.2, 0) is 22.0 Å². The number of rotatable bonds is 2. The lowest BCUT2D eigenvalue weighted by atomic mass is 9.58. The smallest absolute Gasteiger partial charge is 0.124 e. The van der Waals surface area contributed by atoms with Crippen LogP contribution < -0.4 is 0 Å². The molecule has 0 N–H and O–H groups in total. The summed E-state index contributed by atoms with van der Waals surface area (Å²) in [6.07, 6.45) is 2.75. The van der Waals surface area contributed by atoms with E-state index in [0.717, 1.165) is 6.29 Å². The van der Waals surface area contributed by atoms with E-state index in [2.05, 4.69) is 53.7 Å². The first kappa shape index (κ1) is 14.3. The molecule has 104 valence electrons. The zero-order chi connectivity index (χ0) is 14.4. The van der Waals surface area contributed by atoms with Gasteiger partial charge < -0.3 is 4.79 Å². The lowest BCUT2D eigenvalue weighted by Gasteiger charge is -2.47. The first-order valence-corrected chi connectivity index (χ1v) is 7.28. The zero-order valence-corrected chi connectivity index (χ0v) is 13.1. The molecule has 0 spiro atoms. The van der Waals surface area contributed by atoms with Crippen molar-refractivity contribution in [3.8, 4) is 0 Å². The Hall–Kier alpha value is -1.11. The van der Waals surface area contributed by atoms with Crippen LogP contribution in [0.1, 0.15) is 63.3 Å². The average Bonchev–Trinajstić information content (AvgIpc) is 2.29. The summed E-state index contributed by atoms with van der Waals surface area (Å²) in [6.45, 7) is 13.9. The fourth-order valence-corrected chi connectivity index (χ4v) is 3.55. The number of fused-ring (bicyclic) bond motifs is 1. The van der Waals surface area contributed by atoms with E-state index in [4.69, 9.17) is 0 Å². The first-order chi connectivity index (χ1) is 8.70. The predicted molar refractivity (Wildman–Crippen MR) is 80.8 cm³/mol. The van der Waals surface area contributed by atoms with Crippen molar-refractivity contribution in [2.24, 2.45) is 5.92 Å². The van der Waals surface area contributed by atoms with Gasteiger partial charge >= 0.3 is 0 Å². The third-order valence-electron chi connectivity index (χ3n) is 5.25. The number of carbonyl (C=O) groups is 1. The molecule has 0 unspecified atom stereocenters. The molecule has 0 aliphatic heterocycles. The van der Waals surface area contributed by atoms with Gasteiger partial charge in [0, 0.05) is 6.42 Å². The first-order valence-electron chi connectivity index (χ1n) is 7.28. The molecule has 0 amide bonds. The number of hydrogen-bond donors (Lipinski definition) is 0. The van der Waals surface area contributed by atoms with E-state index in [1.54, 1.807) is 0 Å². The lowest BCUT2D eigenvalue weighted by Crippen LogP contribution is -2.40. The van der Waals surface area contributed by atoms with Crippen molar-refractivity contribution in [1.82, 2.24) is 0 Å². The maximum atomic E-state index is 10.8. The Morgan fingerprint density at radius 2 is 1.84 bits per heavy atom. The maximum Gasteiger partial charge on any atom is 0.124 e. The molecule has 1 aliphatic rings. The summed E-state index contributed by atoms with van der Waals surface area (Å²) in [6, 6.07) is 4.61. The van der Waals surface area contributed by atoms with Gasteiger partial charge in [0.25, 0.3) is 0 Å². The summed E-state index contributed by atoms with van der Waals surface area (Å²) in [4.78, 5) is 10.8. The third kappa shape index (κ3) is 2.24. The molecular formula is C18H26O. The Morgan fingerprint density at radius 1 is 1.21 bits per heavy atom. The van der Waals surface area contributed by atoms with Crippen LogP contribution in [0, 0.1) is 12.8 Å². The SMILES string of the molecule is Cc1cc2c(cc1CC=O)C(C)(C)C[C@H](C)C2(C)C. The van der Waals surface area contributed by atoms with E-state index in [1.807, 2.05) is 0 Å². The fraction of sp³-hybridized carbons (Fsp3) is 0.611. The standard InChI is InChI=1S/C18H26O/c1-12-9-16-15(10-14(12)7-8-19)17(3,4)11-13(2)18(16,5)6/h8-10,13H,7,11H2,1-6H3/t13-/m0/s1. The maximum absolute atomic E-state index is 10.8. The molecule has 0 heterocycles. The Bertz CT molecular complexity index is 509. The highest BCUT2D eigenvalue weighted by molar-refractivity contribution is 5.58. The van der Waals surface area contributed by atoms with Crippen molar-refractivity contribution in [2.45, 2.75) is 65.2 Å². The van der Waals surface area contributed by atoms with Crippen LogP contribution in [0.5, 0.6) is 0 Å². The lowest BCUT2D eigenvalue weighted by molar-refractivity contribution is -0.107. The molecule has 1 heteroatoms. The van der Waals surface area contributed by atoms with Crippen LogP contribution in [0.4, 0.5) is 0 Å². The van der Waals surface area contributed by atoms with Crippen molar-refractivity contribution in [3.05, 3.63) is 34.4 Å². The number of carbonyl (C=O) groups excluding carboxylic acids is 1. The monoisotopic (exact) mass is 258 g/mol. The molecule has 19 heavy (non-hydrogen) atoms. The summed E-state index contributed by atoms with van der Waals surface area (Å²) in [5.74, 6) is 0.673. The minimum absolute atomic E-state index is 0.204. The minimum Gasteiger partial charge on any atom is -0.303 e. The van der Waals surface area contributed by atoms with Crippen LogP contribution in [-0.4, -0.2) is 6.29 Å². The Balaban J connectivity index is 2.68. The average molecular weight is 258 g/mol. The highest BCUT2D eigenvalue weighted by Gasteiger charge is 2.42. The van der Waals surface area contributed by atoms with Crippen molar-refractivity contribution in [2.75, 3.05) is 0 Å². The normalized spacial score (nSPS) is 23.8. The molecule has 1 aromatic carbocycles. The molecule has 0 saturated heterocycles. The third-order valence-corrected chi connectivity index (χ3v) is 5.25. The van der Waals surface area contributed by atoms with Crippen LogP contribution in [0.3, 0.4) is 0 Å². The quantitative estimate of drug-likeness (QED) is 0.722. The summed E-state index contributed by atoms with van der Waals surface area (Å²) < 4.78 is 0. The van der Waals surface area contributed by atoms with E-state index < -0.39 is 0 Å². The van der Waals surface area contributed by atoms with Gasteiger partial charge in [-0.1, -0.05) is 46.8 Å². The Kier molecular flexibility index (Phi) is 3.36. The summed E-state index contributed by atoms with van der Waals surface area (Å²) in [7, 11) is 0. The minimum atomic E-state index is 0.204. The number of benzene rings is 1. The molecule has 1 aromatic rings. The molecule has 0 bridgehead atoms. The van der Waals surface area contributed by atoms with Crippen molar-refractivity contribution in [3.63, 3.8) is 0 Å². The number of hydrogen-bond acceptors (Lipinski definition) is 1. The van der Waals surface area contributed by atoms with Crippen molar-refractivity contribution in [1.29, 1.82) is 0 Å². The van der Waals surface area contributed by atoms with E-state index in [-0.39, 0.29) is 10.8 Å².